The smallest absolute Gasteiger partial charge is 0.116 e. The van der Waals surface area contributed by atoms with Crippen molar-refractivity contribution in [2.45, 2.75) is 18.8 Å². The number of benzene rings is 2. The van der Waals surface area contributed by atoms with Crippen molar-refractivity contribution in [1.82, 2.24) is 5.32 Å². The SMILES string of the molecule is Oc1ccc2cccc(C3CCNCC3)c2c1. The topological polar surface area (TPSA) is 32.3 Å². The Morgan fingerprint density at radius 3 is 2.71 bits per heavy atom. The minimum absolute atomic E-state index is 0.360. The molecule has 1 fully saturated rings. The van der Waals surface area contributed by atoms with Crippen LogP contribution in [0, 0.1) is 0 Å². The largest absolute Gasteiger partial charge is 0.508 e. The maximum absolute atomic E-state index is 9.64. The zero-order valence-corrected chi connectivity index (χ0v) is 9.82. The lowest BCUT2D eigenvalue weighted by Gasteiger charge is -2.24. The first-order valence-corrected chi connectivity index (χ1v) is 6.27. The lowest BCUT2D eigenvalue weighted by molar-refractivity contribution is 0.461. The second-order valence-corrected chi connectivity index (χ2v) is 4.78. The highest BCUT2D eigenvalue weighted by atomic mass is 16.3. The third-order valence-electron chi connectivity index (χ3n) is 3.68. The van der Waals surface area contributed by atoms with Crippen LogP contribution in [-0.2, 0) is 0 Å². The van der Waals surface area contributed by atoms with Crippen LogP contribution in [0.2, 0.25) is 0 Å². The van der Waals surface area contributed by atoms with Crippen molar-refractivity contribution in [1.29, 1.82) is 0 Å². The maximum atomic E-state index is 9.64. The Bertz CT molecular complexity index is 529. The summed E-state index contributed by atoms with van der Waals surface area (Å²) in [7, 11) is 0. The molecule has 1 aliphatic heterocycles. The van der Waals surface area contributed by atoms with Gasteiger partial charge in [-0.2, -0.15) is 0 Å². The highest BCUT2D eigenvalue weighted by Gasteiger charge is 2.17. The summed E-state index contributed by atoms with van der Waals surface area (Å²) in [5.41, 5.74) is 1.39. The van der Waals surface area contributed by atoms with Crippen LogP contribution in [0.4, 0.5) is 0 Å². The van der Waals surface area contributed by atoms with Gasteiger partial charge in [-0.3, -0.25) is 0 Å². The molecule has 0 radical (unpaired) electrons. The maximum Gasteiger partial charge on any atom is 0.116 e. The summed E-state index contributed by atoms with van der Waals surface area (Å²) in [6.45, 7) is 2.19. The zero-order chi connectivity index (χ0) is 11.7. The number of aromatic hydroxyl groups is 1. The minimum atomic E-state index is 0.360. The molecule has 0 aliphatic carbocycles. The molecule has 0 unspecified atom stereocenters. The van der Waals surface area contributed by atoms with Crippen LogP contribution < -0.4 is 5.32 Å². The van der Waals surface area contributed by atoms with Crippen LogP contribution in [0.3, 0.4) is 0 Å². The number of phenols is 1. The molecule has 1 aliphatic rings. The number of hydrogen-bond donors (Lipinski definition) is 2. The van der Waals surface area contributed by atoms with Gasteiger partial charge in [0.25, 0.3) is 0 Å². The van der Waals surface area contributed by atoms with E-state index in [2.05, 4.69) is 23.5 Å². The van der Waals surface area contributed by atoms with Crippen LogP contribution >= 0.6 is 0 Å². The van der Waals surface area contributed by atoms with Gasteiger partial charge in [0.1, 0.15) is 5.75 Å². The molecule has 0 amide bonds. The van der Waals surface area contributed by atoms with E-state index in [9.17, 15) is 5.11 Å². The lowest BCUT2D eigenvalue weighted by atomic mass is 9.87. The molecule has 0 aromatic heterocycles. The summed E-state index contributed by atoms with van der Waals surface area (Å²) < 4.78 is 0. The lowest BCUT2D eigenvalue weighted by Crippen LogP contribution is -2.26. The van der Waals surface area contributed by atoms with Crippen molar-refractivity contribution < 1.29 is 5.11 Å². The van der Waals surface area contributed by atoms with Crippen molar-refractivity contribution in [3.8, 4) is 5.75 Å². The predicted molar refractivity (Wildman–Crippen MR) is 70.5 cm³/mol. The summed E-state index contributed by atoms with van der Waals surface area (Å²) in [5.74, 6) is 0.987. The molecule has 0 spiro atoms. The Hall–Kier alpha value is -1.54. The first-order valence-electron chi connectivity index (χ1n) is 6.27. The first kappa shape index (κ1) is 10.6. The number of hydrogen-bond acceptors (Lipinski definition) is 2. The molecule has 2 nitrogen and oxygen atoms in total. The second-order valence-electron chi connectivity index (χ2n) is 4.78. The fourth-order valence-electron chi connectivity index (χ4n) is 2.77. The van der Waals surface area contributed by atoms with Gasteiger partial charge in [-0.25, -0.2) is 0 Å². The summed E-state index contributed by atoms with van der Waals surface area (Å²) in [4.78, 5) is 0. The van der Waals surface area contributed by atoms with Crippen molar-refractivity contribution in [3.05, 3.63) is 42.0 Å². The molecular weight excluding hydrogens is 210 g/mol. The zero-order valence-electron chi connectivity index (χ0n) is 9.82. The van der Waals surface area contributed by atoms with Gasteiger partial charge in [0.05, 0.1) is 0 Å². The van der Waals surface area contributed by atoms with Gasteiger partial charge < -0.3 is 10.4 Å². The number of phenolic OH excluding ortho intramolecular Hbond substituents is 1. The van der Waals surface area contributed by atoms with Gasteiger partial charge in [0, 0.05) is 0 Å². The molecular formula is C15H17NO. The average Bonchev–Trinajstić information content (AvgIpc) is 2.39. The highest BCUT2D eigenvalue weighted by Crippen LogP contribution is 2.32. The quantitative estimate of drug-likeness (QED) is 0.785. The summed E-state index contributed by atoms with van der Waals surface area (Å²) in [6.07, 6.45) is 2.38. The van der Waals surface area contributed by atoms with Gasteiger partial charge >= 0.3 is 0 Å². The van der Waals surface area contributed by atoms with Gasteiger partial charge in [0.2, 0.25) is 0 Å². The number of rotatable bonds is 1. The van der Waals surface area contributed by atoms with Crippen LogP contribution in [-0.4, -0.2) is 18.2 Å². The molecule has 2 heteroatoms. The van der Waals surface area contributed by atoms with E-state index in [1.807, 2.05) is 12.1 Å². The predicted octanol–water partition coefficient (Wildman–Crippen LogP) is 3.01. The normalized spacial score (nSPS) is 17.4. The molecule has 0 saturated carbocycles. The Morgan fingerprint density at radius 2 is 1.88 bits per heavy atom. The molecule has 1 heterocycles. The fraction of sp³-hybridized carbons (Fsp3) is 0.333. The van der Waals surface area contributed by atoms with Crippen LogP contribution in [0.15, 0.2) is 36.4 Å². The van der Waals surface area contributed by atoms with E-state index >= 15 is 0 Å². The number of piperidine rings is 1. The highest BCUT2D eigenvalue weighted by molar-refractivity contribution is 5.87. The Morgan fingerprint density at radius 1 is 1.06 bits per heavy atom. The first-order chi connectivity index (χ1) is 8.34. The van der Waals surface area contributed by atoms with Crippen molar-refractivity contribution in [2.24, 2.45) is 0 Å². The minimum Gasteiger partial charge on any atom is -0.508 e. The third kappa shape index (κ3) is 2.01. The molecule has 0 atom stereocenters. The Balaban J connectivity index is 2.11. The molecule has 2 aromatic carbocycles. The van der Waals surface area contributed by atoms with E-state index < -0.39 is 0 Å². The van der Waals surface area contributed by atoms with E-state index in [1.165, 1.54) is 29.2 Å². The van der Waals surface area contributed by atoms with Gasteiger partial charge in [-0.15, -0.1) is 0 Å². The standard InChI is InChI=1S/C15H17NO/c17-13-5-4-11-2-1-3-14(15(11)10-13)12-6-8-16-9-7-12/h1-5,10,12,16-17H,6-9H2. The van der Waals surface area contributed by atoms with E-state index in [0.29, 0.717) is 11.7 Å². The average molecular weight is 227 g/mol. The molecule has 2 N–H and O–H groups in total. The van der Waals surface area contributed by atoms with E-state index in [4.69, 9.17) is 0 Å². The summed E-state index contributed by atoms with van der Waals surface area (Å²) in [6, 6.07) is 12.1. The Kier molecular flexibility index (Phi) is 2.73. The van der Waals surface area contributed by atoms with Crippen molar-refractivity contribution in [2.75, 3.05) is 13.1 Å². The molecule has 1 saturated heterocycles. The molecule has 0 bridgehead atoms. The van der Waals surface area contributed by atoms with Crippen molar-refractivity contribution in [3.63, 3.8) is 0 Å². The van der Waals surface area contributed by atoms with E-state index in [1.54, 1.807) is 6.07 Å². The summed E-state index contributed by atoms with van der Waals surface area (Å²) >= 11 is 0. The van der Waals surface area contributed by atoms with Crippen LogP contribution in [0.1, 0.15) is 24.3 Å². The van der Waals surface area contributed by atoms with Crippen molar-refractivity contribution >= 4 is 10.8 Å². The van der Waals surface area contributed by atoms with Gasteiger partial charge in [0.15, 0.2) is 0 Å². The van der Waals surface area contributed by atoms with E-state index in [0.717, 1.165) is 13.1 Å². The van der Waals surface area contributed by atoms with Crippen LogP contribution in [0.5, 0.6) is 5.75 Å². The molecule has 3 rings (SSSR count). The third-order valence-corrected chi connectivity index (χ3v) is 3.68. The Labute approximate surface area is 101 Å². The molecule has 2 aromatic rings. The van der Waals surface area contributed by atoms with E-state index in [-0.39, 0.29) is 0 Å². The van der Waals surface area contributed by atoms with Gasteiger partial charge in [-0.1, -0.05) is 24.3 Å². The van der Waals surface area contributed by atoms with Crippen LogP contribution in [0.25, 0.3) is 10.8 Å². The number of fused-ring (bicyclic) bond motifs is 1. The summed E-state index contributed by atoms with van der Waals surface area (Å²) in [5, 5.41) is 15.5. The second kappa shape index (κ2) is 4.38. The molecule has 88 valence electrons. The monoisotopic (exact) mass is 227 g/mol. The molecule has 17 heavy (non-hydrogen) atoms. The fourth-order valence-corrected chi connectivity index (χ4v) is 2.77. The van der Waals surface area contributed by atoms with Gasteiger partial charge in [-0.05, 0) is 60.3 Å². The number of nitrogens with one attached hydrogen (secondary N) is 1.